The second-order valence-electron chi connectivity index (χ2n) is 6.12. The number of sulfonamides is 2. The molecule has 2 aromatic carbocycles. The average molecular weight is 411 g/mol. The predicted octanol–water partition coefficient (Wildman–Crippen LogP) is 0.718. The summed E-state index contributed by atoms with van der Waals surface area (Å²) < 4.78 is 52.9. The Balaban J connectivity index is 2.42. The fourth-order valence-corrected chi connectivity index (χ4v) is 4.64. The Morgan fingerprint density at radius 3 is 2.04 bits per heavy atom. The van der Waals surface area contributed by atoms with E-state index in [1.807, 2.05) is 0 Å². The molecular weight excluding hydrogens is 392 g/mol. The van der Waals surface area contributed by atoms with E-state index in [1.165, 1.54) is 44.4 Å². The van der Waals surface area contributed by atoms with E-state index < -0.39 is 26.0 Å². The number of aromatic carboxylic acids is 1. The highest BCUT2D eigenvalue weighted by Gasteiger charge is 2.21. The van der Waals surface area contributed by atoms with E-state index in [9.17, 15) is 26.7 Å². The maximum Gasteiger partial charge on any atom is 0.262 e. The first kappa shape index (κ1) is 20.9. The minimum absolute atomic E-state index is 0.0152. The van der Waals surface area contributed by atoms with Crippen LogP contribution in [0.1, 0.15) is 21.5 Å². The van der Waals surface area contributed by atoms with Crippen LogP contribution in [0.25, 0.3) is 0 Å². The van der Waals surface area contributed by atoms with Crippen LogP contribution in [-0.2, 0) is 20.0 Å². The highest BCUT2D eigenvalue weighted by molar-refractivity contribution is 7.92. The molecule has 0 bridgehead atoms. The number of anilines is 1. The molecule has 0 unspecified atom stereocenters. The molecule has 0 aliphatic heterocycles. The number of carboxylic acids is 1. The molecule has 0 amide bonds. The molecule has 2 rings (SSSR count). The van der Waals surface area contributed by atoms with Gasteiger partial charge in [-0.15, -0.1) is 0 Å². The lowest BCUT2D eigenvalue weighted by molar-refractivity contribution is -0.255. The third-order valence-corrected chi connectivity index (χ3v) is 7.37. The van der Waals surface area contributed by atoms with Crippen LogP contribution in [0, 0.1) is 13.8 Å². The summed E-state index contributed by atoms with van der Waals surface area (Å²) in [6.07, 6.45) is 0. The molecular formula is C17H19N2O6S2-. The summed E-state index contributed by atoms with van der Waals surface area (Å²) in [6.45, 7) is 3.16. The number of carbonyl (C=O) groups is 1. The van der Waals surface area contributed by atoms with Gasteiger partial charge in [0.15, 0.2) is 0 Å². The number of benzene rings is 2. The molecule has 27 heavy (non-hydrogen) atoms. The van der Waals surface area contributed by atoms with Crippen LogP contribution in [0.15, 0.2) is 46.2 Å². The van der Waals surface area contributed by atoms with Crippen LogP contribution in [0.2, 0.25) is 0 Å². The molecule has 0 saturated carbocycles. The van der Waals surface area contributed by atoms with Crippen molar-refractivity contribution in [2.24, 2.45) is 0 Å². The van der Waals surface area contributed by atoms with Gasteiger partial charge in [0, 0.05) is 19.8 Å². The van der Waals surface area contributed by atoms with Gasteiger partial charge in [-0.1, -0.05) is 0 Å². The molecule has 0 atom stereocenters. The van der Waals surface area contributed by atoms with Crippen LogP contribution in [0.3, 0.4) is 0 Å². The Bertz CT molecular complexity index is 1090. The first-order valence-electron chi connectivity index (χ1n) is 7.74. The number of aryl methyl sites for hydroxylation is 1. The van der Waals surface area contributed by atoms with Gasteiger partial charge in [0.1, 0.15) is 0 Å². The van der Waals surface area contributed by atoms with Gasteiger partial charge >= 0.3 is 0 Å². The molecule has 0 saturated heterocycles. The van der Waals surface area contributed by atoms with E-state index in [0.29, 0.717) is 11.1 Å². The fraction of sp³-hybridized carbons (Fsp3) is 0.235. The normalized spacial score (nSPS) is 12.2. The number of carbonyl (C=O) groups excluding carboxylic acids is 1. The van der Waals surface area contributed by atoms with Crippen molar-refractivity contribution in [1.82, 2.24) is 4.31 Å². The number of rotatable bonds is 6. The van der Waals surface area contributed by atoms with E-state index >= 15 is 0 Å². The largest absolute Gasteiger partial charge is 0.545 e. The van der Waals surface area contributed by atoms with Crippen molar-refractivity contribution < 1.29 is 26.7 Å². The summed E-state index contributed by atoms with van der Waals surface area (Å²) in [6, 6.07) is 7.57. The summed E-state index contributed by atoms with van der Waals surface area (Å²) in [4.78, 5) is 10.9. The molecule has 1 N–H and O–H groups in total. The molecule has 0 radical (unpaired) electrons. The quantitative estimate of drug-likeness (QED) is 0.747. The standard InChI is InChI=1S/C17H20N2O6S2/c1-11-9-13(17(20)21)10-16(12(11)2)26(22,23)18-14-5-7-15(8-6-14)27(24,25)19(3)4/h5-10,18H,1-4H3,(H,20,21)/p-1. The zero-order chi connectivity index (χ0) is 20.6. The highest BCUT2D eigenvalue weighted by Crippen LogP contribution is 2.24. The van der Waals surface area contributed by atoms with Crippen LogP contribution < -0.4 is 9.83 Å². The zero-order valence-electron chi connectivity index (χ0n) is 15.2. The smallest absolute Gasteiger partial charge is 0.262 e. The van der Waals surface area contributed by atoms with Gasteiger partial charge in [-0.3, -0.25) is 4.72 Å². The van der Waals surface area contributed by atoms with Crippen molar-refractivity contribution >= 4 is 31.7 Å². The molecule has 146 valence electrons. The van der Waals surface area contributed by atoms with E-state index in [2.05, 4.69) is 4.72 Å². The Hall–Kier alpha value is -2.43. The summed E-state index contributed by atoms with van der Waals surface area (Å²) >= 11 is 0. The van der Waals surface area contributed by atoms with Crippen LogP contribution in [0.4, 0.5) is 5.69 Å². The maximum atomic E-state index is 12.7. The van der Waals surface area contributed by atoms with Crippen molar-refractivity contribution in [2.75, 3.05) is 18.8 Å². The number of nitrogens with zero attached hydrogens (tertiary/aromatic N) is 1. The first-order valence-corrected chi connectivity index (χ1v) is 10.7. The Morgan fingerprint density at radius 2 is 1.56 bits per heavy atom. The molecule has 0 aliphatic carbocycles. The predicted molar refractivity (Wildman–Crippen MR) is 98.4 cm³/mol. The molecule has 0 aromatic heterocycles. The van der Waals surface area contributed by atoms with Crippen LogP contribution >= 0.6 is 0 Å². The number of nitrogens with one attached hydrogen (secondary N) is 1. The van der Waals surface area contributed by atoms with Crippen molar-refractivity contribution in [2.45, 2.75) is 23.6 Å². The summed E-state index contributed by atoms with van der Waals surface area (Å²) in [5, 5.41) is 11.1. The summed E-state index contributed by atoms with van der Waals surface area (Å²) in [5.41, 5.74) is 0.790. The van der Waals surface area contributed by atoms with Gasteiger partial charge in [-0.05, 0) is 66.9 Å². The average Bonchev–Trinajstić information content (AvgIpc) is 2.56. The topological polar surface area (TPSA) is 124 Å². The molecule has 0 aliphatic rings. The maximum absolute atomic E-state index is 12.7. The lowest BCUT2D eigenvalue weighted by atomic mass is 10.1. The van der Waals surface area contributed by atoms with E-state index in [0.717, 1.165) is 10.4 Å². The Labute approximate surface area is 158 Å². The van der Waals surface area contributed by atoms with Crippen LogP contribution in [-0.4, -0.2) is 41.2 Å². The Morgan fingerprint density at radius 1 is 1.00 bits per heavy atom. The molecule has 0 fully saturated rings. The summed E-state index contributed by atoms with van der Waals surface area (Å²) in [7, 11) is -4.94. The third-order valence-electron chi connectivity index (χ3n) is 4.03. The van der Waals surface area contributed by atoms with Gasteiger partial charge < -0.3 is 9.90 Å². The lowest BCUT2D eigenvalue weighted by Gasteiger charge is -2.15. The van der Waals surface area contributed by atoms with Crippen molar-refractivity contribution in [3.8, 4) is 0 Å². The van der Waals surface area contributed by atoms with Gasteiger partial charge in [0.25, 0.3) is 10.0 Å². The molecule has 2 aromatic rings. The highest BCUT2D eigenvalue weighted by atomic mass is 32.2. The first-order chi connectivity index (χ1) is 12.4. The van der Waals surface area contributed by atoms with Gasteiger partial charge in [0.05, 0.1) is 15.8 Å². The molecule has 0 heterocycles. The zero-order valence-corrected chi connectivity index (χ0v) is 16.8. The Kier molecular flexibility index (Phi) is 5.64. The van der Waals surface area contributed by atoms with E-state index in [4.69, 9.17) is 0 Å². The van der Waals surface area contributed by atoms with E-state index in [1.54, 1.807) is 13.8 Å². The molecule has 8 nitrogen and oxygen atoms in total. The number of hydrogen-bond acceptors (Lipinski definition) is 6. The minimum Gasteiger partial charge on any atom is -0.545 e. The van der Waals surface area contributed by atoms with Crippen molar-refractivity contribution in [3.63, 3.8) is 0 Å². The monoisotopic (exact) mass is 411 g/mol. The van der Waals surface area contributed by atoms with Gasteiger partial charge in [0.2, 0.25) is 10.0 Å². The SMILES string of the molecule is Cc1cc(C(=O)[O-])cc(S(=O)(=O)Nc2ccc(S(=O)(=O)N(C)C)cc2)c1C. The molecule has 0 spiro atoms. The van der Waals surface area contributed by atoms with Gasteiger partial charge in [-0.2, -0.15) is 0 Å². The van der Waals surface area contributed by atoms with Crippen LogP contribution in [0.5, 0.6) is 0 Å². The van der Waals surface area contributed by atoms with Crippen molar-refractivity contribution in [3.05, 3.63) is 53.1 Å². The van der Waals surface area contributed by atoms with Gasteiger partial charge in [-0.25, -0.2) is 21.1 Å². The summed E-state index contributed by atoms with van der Waals surface area (Å²) in [5.74, 6) is -1.48. The molecule has 10 heteroatoms. The lowest BCUT2D eigenvalue weighted by Crippen LogP contribution is -2.24. The fourth-order valence-electron chi connectivity index (χ4n) is 2.34. The number of carboxylic acid groups (broad SMARTS) is 1. The van der Waals surface area contributed by atoms with Crippen molar-refractivity contribution in [1.29, 1.82) is 0 Å². The second kappa shape index (κ2) is 7.29. The van der Waals surface area contributed by atoms with E-state index in [-0.39, 0.29) is 21.0 Å². The second-order valence-corrected chi connectivity index (χ2v) is 9.92. The number of hydrogen-bond donors (Lipinski definition) is 1. The minimum atomic E-state index is -4.09. The third kappa shape index (κ3) is 4.29.